The molecule has 0 spiro atoms. The third kappa shape index (κ3) is 2.27. The van der Waals surface area contributed by atoms with E-state index in [-0.39, 0.29) is 8.43 Å². The van der Waals surface area contributed by atoms with Crippen LogP contribution in [0, 0.1) is 11.6 Å². The van der Waals surface area contributed by atoms with Crippen molar-refractivity contribution in [3.05, 3.63) is 34.4 Å². The van der Waals surface area contributed by atoms with E-state index in [9.17, 15) is 8.78 Å². The molecule has 0 unspecified atom stereocenters. The average Bonchev–Trinajstić information content (AvgIpc) is 2.42. The van der Waals surface area contributed by atoms with Gasteiger partial charge in [0.1, 0.15) is 11.6 Å². The molecule has 0 heterocycles. The molecular weight excluding hydrogens is 341 g/mol. The van der Waals surface area contributed by atoms with E-state index in [1.165, 1.54) is 6.07 Å². The highest BCUT2D eigenvalue weighted by molar-refractivity contribution is 14.1. The Morgan fingerprint density at radius 1 is 1.19 bits per heavy atom. The number of hydrogen-bond acceptors (Lipinski definition) is 1. The van der Waals surface area contributed by atoms with Crippen molar-refractivity contribution in [3.63, 3.8) is 0 Å². The van der Waals surface area contributed by atoms with Crippen LogP contribution in [0.25, 0.3) is 0 Å². The van der Waals surface area contributed by atoms with E-state index in [1.54, 1.807) is 22.6 Å². The molecule has 16 heavy (non-hydrogen) atoms. The van der Waals surface area contributed by atoms with E-state index in [0.717, 1.165) is 31.2 Å². The first-order valence-electron chi connectivity index (χ1n) is 5.31. The number of halogens is 3. The highest BCUT2D eigenvalue weighted by Crippen LogP contribution is 2.28. The van der Waals surface area contributed by atoms with Crippen LogP contribution in [0.3, 0.4) is 0 Å². The van der Waals surface area contributed by atoms with Gasteiger partial charge in [-0.25, -0.2) is 8.78 Å². The van der Waals surface area contributed by atoms with Gasteiger partial charge in [0, 0.05) is 0 Å². The fourth-order valence-corrected chi connectivity index (χ4v) is 2.86. The lowest BCUT2D eigenvalue weighted by atomic mass is 9.99. The Balaban J connectivity index is 2.60. The smallest absolute Gasteiger partial charge is 0.138 e. The molecule has 0 fully saturated rings. The lowest BCUT2D eigenvalue weighted by Gasteiger charge is -2.11. The maximum absolute atomic E-state index is 14.1. The van der Waals surface area contributed by atoms with Crippen molar-refractivity contribution >= 4 is 37.7 Å². The van der Waals surface area contributed by atoms with Gasteiger partial charge in [-0.1, -0.05) is 18.6 Å². The van der Waals surface area contributed by atoms with Gasteiger partial charge in [0.15, 0.2) is 0 Å². The van der Waals surface area contributed by atoms with Crippen molar-refractivity contribution in [2.45, 2.75) is 32.1 Å². The zero-order valence-corrected chi connectivity index (χ0v) is 11.6. The van der Waals surface area contributed by atoms with Gasteiger partial charge in [-0.15, -0.1) is 0 Å². The summed E-state index contributed by atoms with van der Waals surface area (Å²) >= 11 is 6.68. The van der Waals surface area contributed by atoms with Crippen LogP contribution in [0.5, 0.6) is 0 Å². The monoisotopic (exact) mass is 352 g/mol. The summed E-state index contributed by atoms with van der Waals surface area (Å²) in [7, 11) is 0. The van der Waals surface area contributed by atoms with Crippen molar-refractivity contribution in [2.75, 3.05) is 0 Å². The Kier molecular flexibility index (Phi) is 3.89. The van der Waals surface area contributed by atoms with E-state index in [0.29, 0.717) is 12.0 Å². The third-order valence-electron chi connectivity index (χ3n) is 2.98. The molecule has 86 valence electrons. The number of benzene rings is 1. The number of aryl methyl sites for hydroxylation is 1. The van der Waals surface area contributed by atoms with Crippen molar-refractivity contribution in [1.82, 2.24) is 0 Å². The van der Waals surface area contributed by atoms with Crippen LogP contribution in [-0.2, 0) is 12.8 Å². The van der Waals surface area contributed by atoms with Crippen molar-refractivity contribution in [1.29, 1.82) is 0 Å². The van der Waals surface area contributed by atoms with Gasteiger partial charge in [0.2, 0.25) is 0 Å². The topological polar surface area (TPSA) is 0 Å². The Bertz CT molecular complexity index is 443. The summed E-state index contributed by atoms with van der Waals surface area (Å²) in [5, 5.41) is 0. The molecular formula is C12H11F2IS. The normalized spacial score (nSPS) is 15.4. The second kappa shape index (κ2) is 5.04. The molecule has 0 amide bonds. The molecule has 0 aromatic heterocycles. The molecule has 0 saturated carbocycles. The second-order valence-electron chi connectivity index (χ2n) is 4.02. The molecule has 1 aliphatic rings. The van der Waals surface area contributed by atoms with Crippen LogP contribution in [0.15, 0.2) is 6.07 Å². The summed E-state index contributed by atoms with van der Waals surface area (Å²) in [5.74, 6) is -0.950. The Morgan fingerprint density at radius 3 is 2.56 bits per heavy atom. The zero-order valence-electron chi connectivity index (χ0n) is 8.66. The fraction of sp³-hybridized carbons (Fsp3) is 0.417. The van der Waals surface area contributed by atoms with E-state index in [4.69, 9.17) is 12.2 Å². The quantitative estimate of drug-likeness (QED) is 0.314. The lowest BCUT2D eigenvalue weighted by molar-refractivity contribution is 0.565. The average molecular weight is 352 g/mol. The predicted octanol–water partition coefficient (Wildman–Crippen LogP) is 4.34. The van der Waals surface area contributed by atoms with Crippen molar-refractivity contribution in [3.8, 4) is 0 Å². The Morgan fingerprint density at radius 2 is 1.88 bits per heavy atom. The van der Waals surface area contributed by atoms with Crippen LogP contribution in [0.2, 0.25) is 0 Å². The molecule has 2 rings (SSSR count). The molecule has 1 aliphatic carbocycles. The van der Waals surface area contributed by atoms with Crippen molar-refractivity contribution < 1.29 is 8.78 Å². The summed E-state index contributed by atoms with van der Waals surface area (Å²) in [6.07, 6.45) is 4.55. The standard InChI is InChI=1S/C12H11F2IS/c13-9-6-7-4-2-1-3-5-8(7)11(14)10(9)12(15)16/h6H,1-5H2. The molecule has 1 aromatic carbocycles. The lowest BCUT2D eigenvalue weighted by Crippen LogP contribution is -2.06. The summed E-state index contributed by atoms with van der Waals surface area (Å²) in [6.45, 7) is 0. The van der Waals surface area contributed by atoms with Gasteiger partial charge in [0.05, 0.1) is 8.43 Å². The van der Waals surface area contributed by atoms with Gasteiger partial charge < -0.3 is 0 Å². The molecule has 0 bridgehead atoms. The van der Waals surface area contributed by atoms with Gasteiger partial charge in [-0.05, 0) is 65.5 Å². The summed E-state index contributed by atoms with van der Waals surface area (Å²) < 4.78 is 28.1. The highest BCUT2D eigenvalue weighted by atomic mass is 127. The van der Waals surface area contributed by atoms with E-state index in [2.05, 4.69) is 0 Å². The third-order valence-corrected chi connectivity index (χ3v) is 3.72. The summed E-state index contributed by atoms with van der Waals surface area (Å²) in [5.41, 5.74) is 1.48. The van der Waals surface area contributed by atoms with Gasteiger partial charge in [-0.3, -0.25) is 0 Å². The molecule has 0 aliphatic heterocycles. The molecule has 0 saturated heterocycles. The molecule has 4 heteroatoms. The number of hydrogen-bond donors (Lipinski definition) is 0. The van der Waals surface area contributed by atoms with E-state index >= 15 is 0 Å². The molecule has 0 atom stereocenters. The van der Waals surface area contributed by atoms with E-state index in [1.807, 2.05) is 0 Å². The first-order chi connectivity index (χ1) is 7.61. The summed E-state index contributed by atoms with van der Waals surface area (Å²) in [6, 6.07) is 1.46. The fourth-order valence-electron chi connectivity index (χ4n) is 2.18. The van der Waals surface area contributed by atoms with Crippen LogP contribution < -0.4 is 0 Å². The minimum atomic E-state index is -0.516. The number of fused-ring (bicyclic) bond motifs is 1. The summed E-state index contributed by atoms with van der Waals surface area (Å²) in [4.78, 5) is 0. The Hall–Kier alpha value is -0.100. The molecule has 0 nitrogen and oxygen atoms in total. The molecule has 0 radical (unpaired) electrons. The highest BCUT2D eigenvalue weighted by Gasteiger charge is 2.21. The zero-order chi connectivity index (χ0) is 11.7. The predicted molar refractivity (Wildman–Crippen MR) is 73.3 cm³/mol. The van der Waals surface area contributed by atoms with Crippen LogP contribution in [-0.4, -0.2) is 2.87 Å². The first-order valence-corrected chi connectivity index (χ1v) is 6.79. The first kappa shape index (κ1) is 12.4. The SMILES string of the molecule is Fc1cc2c(c(F)c1C(=S)I)CCCCC2. The molecule has 0 N–H and O–H groups in total. The van der Waals surface area contributed by atoms with Gasteiger partial charge >= 0.3 is 0 Å². The van der Waals surface area contributed by atoms with Gasteiger partial charge in [0.25, 0.3) is 0 Å². The maximum Gasteiger partial charge on any atom is 0.138 e. The minimum absolute atomic E-state index is 0.0174. The minimum Gasteiger partial charge on any atom is -0.206 e. The van der Waals surface area contributed by atoms with E-state index < -0.39 is 11.6 Å². The number of rotatable bonds is 1. The largest absolute Gasteiger partial charge is 0.206 e. The van der Waals surface area contributed by atoms with Crippen LogP contribution in [0.1, 0.15) is 36.0 Å². The maximum atomic E-state index is 14.1. The molecule has 1 aromatic rings. The second-order valence-corrected chi connectivity index (χ2v) is 6.24. The van der Waals surface area contributed by atoms with Crippen LogP contribution in [0.4, 0.5) is 8.78 Å². The Labute approximate surface area is 113 Å². The van der Waals surface area contributed by atoms with Gasteiger partial charge in [-0.2, -0.15) is 0 Å². The van der Waals surface area contributed by atoms with Crippen molar-refractivity contribution in [2.24, 2.45) is 0 Å². The number of thiocarbonyl (C=S) groups is 1. The van der Waals surface area contributed by atoms with Crippen LogP contribution >= 0.6 is 34.8 Å².